The molecule has 20 heavy (non-hydrogen) atoms. The van der Waals surface area contributed by atoms with Crippen molar-refractivity contribution in [2.24, 2.45) is 0 Å². The van der Waals surface area contributed by atoms with Crippen LogP contribution in [-0.4, -0.2) is 40.1 Å². The molecule has 0 aliphatic carbocycles. The van der Waals surface area contributed by atoms with Crippen molar-refractivity contribution in [1.29, 1.82) is 0 Å². The van der Waals surface area contributed by atoms with Crippen molar-refractivity contribution in [2.45, 2.75) is 26.3 Å². The number of carbonyl (C=O) groups is 1. The smallest absolute Gasteiger partial charge is 0.256 e. The molecule has 0 unspecified atom stereocenters. The molecule has 0 bridgehead atoms. The lowest BCUT2D eigenvalue weighted by molar-refractivity contribution is 0.0695. The predicted molar refractivity (Wildman–Crippen MR) is 80.6 cm³/mol. The summed E-state index contributed by atoms with van der Waals surface area (Å²) in [6.45, 7) is 4.57. The molecule has 0 saturated carbocycles. The Bertz CT molecular complexity index is 604. The quantitative estimate of drug-likeness (QED) is 0.730. The highest BCUT2D eigenvalue weighted by Gasteiger charge is 2.21. The molecule has 1 aromatic carbocycles. The Morgan fingerprint density at radius 3 is 2.85 bits per heavy atom. The Hall–Kier alpha value is -2.01. The molecular weight excluding hydrogens is 254 g/mol. The maximum atomic E-state index is 12.7. The number of aliphatic hydroxyl groups excluding tert-OH is 1. The molecule has 2 rings (SSSR count). The van der Waals surface area contributed by atoms with Gasteiger partial charge in [-0.3, -0.25) is 4.79 Å². The third-order valence-electron chi connectivity index (χ3n) is 3.38. The summed E-state index contributed by atoms with van der Waals surface area (Å²) in [4.78, 5) is 17.5. The minimum absolute atomic E-state index is 0.0368. The maximum Gasteiger partial charge on any atom is 0.256 e. The highest BCUT2D eigenvalue weighted by Crippen LogP contribution is 2.23. The van der Waals surface area contributed by atoms with Gasteiger partial charge in [-0.2, -0.15) is 0 Å². The number of benzene rings is 1. The minimum Gasteiger partial charge on any atom is -0.399 e. The van der Waals surface area contributed by atoms with E-state index in [1.165, 1.54) is 0 Å². The lowest BCUT2D eigenvalue weighted by Crippen LogP contribution is -2.38. The first kappa shape index (κ1) is 14.4. The number of anilines is 1. The molecule has 0 aliphatic rings. The Morgan fingerprint density at radius 2 is 2.20 bits per heavy atom. The maximum absolute atomic E-state index is 12.7. The van der Waals surface area contributed by atoms with Gasteiger partial charge in [0.2, 0.25) is 0 Å². The fourth-order valence-electron chi connectivity index (χ4n) is 2.31. The molecule has 1 heterocycles. The molecule has 1 amide bonds. The molecule has 0 fully saturated rings. The van der Waals surface area contributed by atoms with Gasteiger partial charge in [-0.25, -0.2) is 0 Å². The Labute approximate surface area is 118 Å². The van der Waals surface area contributed by atoms with Crippen molar-refractivity contribution in [2.75, 3.05) is 18.9 Å². The van der Waals surface area contributed by atoms with Gasteiger partial charge in [0.1, 0.15) is 0 Å². The number of nitrogen functional groups attached to an aromatic ring is 1. The second-order valence-corrected chi connectivity index (χ2v) is 5.18. The molecule has 0 atom stereocenters. The molecule has 1 aromatic heterocycles. The first-order valence-electron chi connectivity index (χ1n) is 6.83. The van der Waals surface area contributed by atoms with Crippen LogP contribution < -0.4 is 5.73 Å². The third kappa shape index (κ3) is 2.77. The van der Waals surface area contributed by atoms with Crippen LogP contribution in [0.4, 0.5) is 5.69 Å². The van der Waals surface area contributed by atoms with Gasteiger partial charge >= 0.3 is 0 Å². The van der Waals surface area contributed by atoms with Gasteiger partial charge in [0, 0.05) is 42.0 Å². The molecule has 0 spiro atoms. The number of hydrogen-bond donors (Lipinski definition) is 3. The summed E-state index contributed by atoms with van der Waals surface area (Å²) in [5.74, 6) is -0.0368. The van der Waals surface area contributed by atoms with E-state index in [1.807, 2.05) is 26.0 Å². The van der Waals surface area contributed by atoms with Gasteiger partial charge in [0.05, 0.1) is 5.56 Å². The van der Waals surface area contributed by atoms with Crippen LogP contribution in [0.1, 0.15) is 30.6 Å². The summed E-state index contributed by atoms with van der Waals surface area (Å²) >= 11 is 0. The fourth-order valence-corrected chi connectivity index (χ4v) is 2.31. The summed E-state index contributed by atoms with van der Waals surface area (Å²) in [7, 11) is 0. The van der Waals surface area contributed by atoms with Gasteiger partial charge in [0.15, 0.2) is 0 Å². The van der Waals surface area contributed by atoms with E-state index in [2.05, 4.69) is 4.98 Å². The summed E-state index contributed by atoms with van der Waals surface area (Å²) in [6, 6.07) is 5.57. The number of aromatic nitrogens is 1. The molecule has 5 heteroatoms. The molecule has 0 radical (unpaired) electrons. The normalized spacial score (nSPS) is 11.2. The molecule has 5 nitrogen and oxygen atoms in total. The van der Waals surface area contributed by atoms with Crippen LogP contribution in [0.5, 0.6) is 0 Å². The van der Waals surface area contributed by atoms with Crippen LogP contribution in [-0.2, 0) is 0 Å². The number of aliphatic hydroxyl groups is 1. The first-order chi connectivity index (χ1) is 9.54. The number of H-pyrrole nitrogens is 1. The van der Waals surface area contributed by atoms with E-state index in [1.54, 1.807) is 17.2 Å². The highest BCUT2D eigenvalue weighted by molar-refractivity contribution is 6.07. The average Bonchev–Trinajstić information content (AvgIpc) is 2.81. The predicted octanol–water partition coefficient (Wildman–Crippen LogP) is 1.98. The zero-order chi connectivity index (χ0) is 14.7. The van der Waals surface area contributed by atoms with E-state index in [4.69, 9.17) is 10.8 Å². The van der Waals surface area contributed by atoms with Gasteiger partial charge in [-0.1, -0.05) is 0 Å². The molecule has 0 saturated heterocycles. The van der Waals surface area contributed by atoms with E-state index in [-0.39, 0.29) is 18.6 Å². The van der Waals surface area contributed by atoms with Crippen LogP contribution in [0.3, 0.4) is 0 Å². The monoisotopic (exact) mass is 275 g/mol. The second kappa shape index (κ2) is 5.96. The van der Waals surface area contributed by atoms with Gasteiger partial charge in [-0.05, 0) is 38.5 Å². The fraction of sp³-hybridized carbons (Fsp3) is 0.400. The SMILES string of the molecule is CC(C)N(CCCO)C(=O)c1c[nH]c2ccc(N)cc12. The van der Waals surface area contributed by atoms with E-state index in [0.29, 0.717) is 24.2 Å². The number of amides is 1. The summed E-state index contributed by atoms with van der Waals surface area (Å²) in [6.07, 6.45) is 2.30. The Kier molecular flexibility index (Phi) is 4.29. The molecule has 0 aliphatic heterocycles. The number of fused-ring (bicyclic) bond motifs is 1. The van der Waals surface area contributed by atoms with Gasteiger partial charge in [-0.15, -0.1) is 0 Å². The van der Waals surface area contributed by atoms with Crippen LogP contribution >= 0.6 is 0 Å². The van der Waals surface area contributed by atoms with Crippen molar-refractivity contribution in [3.63, 3.8) is 0 Å². The standard InChI is InChI=1S/C15H21N3O2/c1-10(2)18(6-3-7-19)15(20)13-9-17-14-5-4-11(16)8-12(13)14/h4-5,8-10,17,19H,3,6-7,16H2,1-2H3. The van der Waals surface area contributed by atoms with Crippen molar-refractivity contribution in [1.82, 2.24) is 9.88 Å². The Balaban J connectivity index is 2.35. The number of rotatable bonds is 5. The lowest BCUT2D eigenvalue weighted by Gasteiger charge is -2.26. The van der Waals surface area contributed by atoms with Crippen LogP contribution in [0.2, 0.25) is 0 Å². The van der Waals surface area contributed by atoms with E-state index in [0.717, 1.165) is 10.9 Å². The molecule has 2 aromatic rings. The summed E-state index contributed by atoms with van der Waals surface area (Å²) in [5.41, 5.74) is 7.95. The van der Waals surface area contributed by atoms with E-state index < -0.39 is 0 Å². The number of nitrogens with one attached hydrogen (secondary N) is 1. The van der Waals surface area contributed by atoms with Gasteiger partial charge in [0.25, 0.3) is 5.91 Å². The zero-order valence-corrected chi connectivity index (χ0v) is 11.9. The van der Waals surface area contributed by atoms with Gasteiger partial charge < -0.3 is 20.7 Å². The van der Waals surface area contributed by atoms with E-state index in [9.17, 15) is 4.79 Å². The largest absolute Gasteiger partial charge is 0.399 e. The topological polar surface area (TPSA) is 82.3 Å². The van der Waals surface area contributed by atoms with Crippen LogP contribution in [0.25, 0.3) is 10.9 Å². The first-order valence-corrected chi connectivity index (χ1v) is 6.83. The number of aromatic amines is 1. The lowest BCUT2D eigenvalue weighted by atomic mass is 10.1. The van der Waals surface area contributed by atoms with Crippen LogP contribution in [0.15, 0.2) is 24.4 Å². The zero-order valence-electron chi connectivity index (χ0n) is 11.9. The molecular formula is C15H21N3O2. The average molecular weight is 275 g/mol. The minimum atomic E-state index is -0.0368. The number of hydrogen-bond acceptors (Lipinski definition) is 3. The summed E-state index contributed by atoms with van der Waals surface area (Å²) < 4.78 is 0. The molecule has 4 N–H and O–H groups in total. The second-order valence-electron chi connectivity index (χ2n) is 5.18. The molecule has 108 valence electrons. The van der Waals surface area contributed by atoms with Crippen molar-refractivity contribution < 1.29 is 9.90 Å². The summed E-state index contributed by atoms with van der Waals surface area (Å²) in [5, 5.41) is 9.79. The Morgan fingerprint density at radius 1 is 1.45 bits per heavy atom. The number of nitrogens with zero attached hydrogens (tertiary/aromatic N) is 1. The van der Waals surface area contributed by atoms with Crippen molar-refractivity contribution in [3.8, 4) is 0 Å². The number of carbonyl (C=O) groups excluding carboxylic acids is 1. The number of nitrogens with two attached hydrogens (primary N) is 1. The van der Waals surface area contributed by atoms with Crippen molar-refractivity contribution >= 4 is 22.5 Å². The van der Waals surface area contributed by atoms with Crippen LogP contribution in [0, 0.1) is 0 Å². The third-order valence-corrected chi connectivity index (χ3v) is 3.38. The van der Waals surface area contributed by atoms with E-state index >= 15 is 0 Å². The van der Waals surface area contributed by atoms with Crippen molar-refractivity contribution in [3.05, 3.63) is 30.0 Å². The highest BCUT2D eigenvalue weighted by atomic mass is 16.3.